The van der Waals surface area contributed by atoms with Crippen molar-refractivity contribution in [3.63, 3.8) is 0 Å². The molecule has 0 aliphatic carbocycles. The van der Waals surface area contributed by atoms with Crippen molar-refractivity contribution in [3.8, 4) is 0 Å². The number of hydrogen-bond acceptors (Lipinski definition) is 2. The fraction of sp³-hybridized carbons (Fsp3) is 0.333. The van der Waals surface area contributed by atoms with Gasteiger partial charge in [-0.3, -0.25) is 9.59 Å². The number of H-pyrrole nitrogens is 1. The summed E-state index contributed by atoms with van der Waals surface area (Å²) in [5.41, 5.74) is 0.731. The van der Waals surface area contributed by atoms with E-state index in [-0.39, 0.29) is 18.6 Å². The zero-order valence-electron chi connectivity index (χ0n) is 11.4. The predicted molar refractivity (Wildman–Crippen MR) is 78.3 cm³/mol. The number of hydrogen-bond donors (Lipinski definition) is 2. The summed E-state index contributed by atoms with van der Waals surface area (Å²) in [7, 11) is 0. The normalized spacial score (nSPS) is 11.8. The highest BCUT2D eigenvalue weighted by atomic mass is 35.5. The Labute approximate surface area is 121 Å². The van der Waals surface area contributed by atoms with E-state index in [1.807, 2.05) is 12.1 Å². The smallest absolute Gasteiger partial charge is 0.303 e. The summed E-state index contributed by atoms with van der Waals surface area (Å²) in [6.07, 6.45) is 1.75. The lowest BCUT2D eigenvalue weighted by atomic mass is 9.82. The number of carboxylic acid groups (broad SMARTS) is 1. The molecule has 1 aromatic heterocycles. The molecule has 0 aliphatic heterocycles. The minimum Gasteiger partial charge on any atom is -0.481 e. The lowest BCUT2D eigenvalue weighted by Crippen LogP contribution is -2.21. The number of benzene rings is 1. The zero-order valence-corrected chi connectivity index (χ0v) is 12.1. The van der Waals surface area contributed by atoms with Crippen molar-refractivity contribution in [2.24, 2.45) is 5.41 Å². The van der Waals surface area contributed by atoms with Crippen molar-refractivity contribution in [2.45, 2.75) is 26.7 Å². The van der Waals surface area contributed by atoms with Crippen LogP contribution in [0.25, 0.3) is 10.9 Å². The molecule has 0 saturated carbocycles. The number of aromatic nitrogens is 1. The predicted octanol–water partition coefficient (Wildman–Crippen LogP) is 3.90. The lowest BCUT2D eigenvalue weighted by Gasteiger charge is -2.21. The number of aliphatic carboxylic acids is 1. The average Bonchev–Trinajstić information content (AvgIpc) is 2.71. The molecule has 0 fully saturated rings. The first-order valence-electron chi connectivity index (χ1n) is 6.31. The van der Waals surface area contributed by atoms with Crippen molar-refractivity contribution in [3.05, 3.63) is 35.0 Å². The fourth-order valence-electron chi connectivity index (χ4n) is 2.36. The molecule has 1 aromatic carbocycles. The molecular weight excluding hydrogens is 278 g/mol. The highest BCUT2D eigenvalue weighted by Crippen LogP contribution is 2.31. The van der Waals surface area contributed by atoms with Gasteiger partial charge in [0.25, 0.3) is 0 Å². The van der Waals surface area contributed by atoms with Crippen LogP contribution in [-0.4, -0.2) is 21.8 Å². The molecule has 0 unspecified atom stereocenters. The number of ketones is 1. The Balaban J connectivity index is 2.31. The molecule has 5 heteroatoms. The molecule has 0 saturated heterocycles. The first-order valence-corrected chi connectivity index (χ1v) is 6.68. The van der Waals surface area contributed by atoms with Crippen molar-refractivity contribution in [2.75, 3.05) is 0 Å². The second kappa shape index (κ2) is 5.29. The monoisotopic (exact) mass is 293 g/mol. The highest BCUT2D eigenvalue weighted by molar-refractivity contribution is 6.36. The second-order valence-electron chi connectivity index (χ2n) is 5.70. The second-order valence-corrected chi connectivity index (χ2v) is 6.11. The number of carbonyl (C=O) groups is 2. The van der Waals surface area contributed by atoms with Gasteiger partial charge in [-0.15, -0.1) is 0 Å². The third kappa shape index (κ3) is 3.02. The molecule has 0 amide bonds. The number of Topliss-reactive ketones (excluding diaryl/α,β-unsaturated/α-hetero) is 1. The highest BCUT2D eigenvalue weighted by Gasteiger charge is 2.27. The van der Waals surface area contributed by atoms with Crippen molar-refractivity contribution < 1.29 is 14.7 Å². The van der Waals surface area contributed by atoms with Gasteiger partial charge in [0.1, 0.15) is 0 Å². The molecule has 0 bridgehead atoms. The number of rotatable bonds is 5. The maximum Gasteiger partial charge on any atom is 0.303 e. The third-order valence-corrected chi connectivity index (χ3v) is 3.54. The van der Waals surface area contributed by atoms with E-state index < -0.39 is 11.4 Å². The molecule has 0 atom stereocenters. The van der Waals surface area contributed by atoms with E-state index in [0.29, 0.717) is 16.0 Å². The van der Waals surface area contributed by atoms with Gasteiger partial charge in [0.2, 0.25) is 0 Å². The molecular formula is C15H16ClNO3. The maximum absolute atomic E-state index is 12.4. The van der Waals surface area contributed by atoms with Crippen LogP contribution in [-0.2, 0) is 4.79 Å². The quantitative estimate of drug-likeness (QED) is 0.822. The van der Waals surface area contributed by atoms with Gasteiger partial charge in [-0.25, -0.2) is 0 Å². The molecule has 2 aromatic rings. The molecule has 2 N–H and O–H groups in total. The van der Waals surface area contributed by atoms with E-state index >= 15 is 0 Å². The first-order chi connectivity index (χ1) is 9.30. The molecule has 1 heterocycles. The Morgan fingerprint density at radius 1 is 1.30 bits per heavy atom. The van der Waals surface area contributed by atoms with E-state index in [0.717, 1.165) is 5.52 Å². The Kier molecular flexibility index (Phi) is 3.86. The van der Waals surface area contributed by atoms with Crippen LogP contribution < -0.4 is 0 Å². The summed E-state index contributed by atoms with van der Waals surface area (Å²) in [5.74, 6) is -1.00. The van der Waals surface area contributed by atoms with E-state index in [2.05, 4.69) is 4.98 Å². The summed E-state index contributed by atoms with van der Waals surface area (Å²) in [5, 5.41) is 10.1. The zero-order chi connectivity index (χ0) is 14.9. The van der Waals surface area contributed by atoms with Gasteiger partial charge >= 0.3 is 5.97 Å². The molecule has 106 valence electrons. The molecule has 0 spiro atoms. The molecule has 0 radical (unpaired) electrons. The summed E-state index contributed by atoms with van der Waals surface area (Å²) >= 11 is 6.14. The Bertz CT molecular complexity index is 673. The van der Waals surface area contributed by atoms with E-state index in [9.17, 15) is 9.59 Å². The molecule has 20 heavy (non-hydrogen) atoms. The van der Waals surface area contributed by atoms with Crippen LogP contribution in [0, 0.1) is 5.41 Å². The van der Waals surface area contributed by atoms with Gasteiger partial charge in [0.05, 0.1) is 11.4 Å². The summed E-state index contributed by atoms with van der Waals surface area (Å²) in [6, 6.07) is 5.39. The first kappa shape index (κ1) is 14.6. The average molecular weight is 294 g/mol. The Morgan fingerprint density at radius 3 is 2.65 bits per heavy atom. The Morgan fingerprint density at radius 2 is 2.00 bits per heavy atom. The third-order valence-electron chi connectivity index (χ3n) is 3.22. The van der Waals surface area contributed by atoms with Gasteiger partial charge in [-0.05, 0) is 17.5 Å². The number of aromatic amines is 1. The van der Waals surface area contributed by atoms with E-state index in [4.69, 9.17) is 16.7 Å². The topological polar surface area (TPSA) is 70.2 Å². The number of fused-ring (bicyclic) bond motifs is 1. The minimum atomic E-state index is -0.903. The van der Waals surface area contributed by atoms with E-state index in [1.54, 1.807) is 26.1 Å². The van der Waals surface area contributed by atoms with Crippen LogP contribution >= 0.6 is 11.6 Å². The van der Waals surface area contributed by atoms with Crippen LogP contribution in [0.4, 0.5) is 0 Å². The van der Waals surface area contributed by atoms with Crippen molar-refractivity contribution >= 4 is 34.3 Å². The number of nitrogens with one attached hydrogen (secondary N) is 1. The van der Waals surface area contributed by atoms with Crippen LogP contribution in [0.15, 0.2) is 24.4 Å². The van der Waals surface area contributed by atoms with Gasteiger partial charge in [-0.1, -0.05) is 31.5 Å². The van der Waals surface area contributed by atoms with Crippen molar-refractivity contribution in [1.29, 1.82) is 0 Å². The number of halogens is 1. The maximum atomic E-state index is 12.4. The Hall–Kier alpha value is -1.81. The summed E-state index contributed by atoms with van der Waals surface area (Å²) in [4.78, 5) is 26.2. The van der Waals surface area contributed by atoms with Gasteiger partial charge < -0.3 is 10.1 Å². The SMILES string of the molecule is CC(C)(CC(=O)O)CC(=O)c1c[nH]c2cccc(Cl)c12. The number of carboxylic acids is 1. The minimum absolute atomic E-state index is 0.0468. The largest absolute Gasteiger partial charge is 0.481 e. The molecule has 2 rings (SSSR count). The van der Waals surface area contributed by atoms with E-state index in [1.165, 1.54) is 0 Å². The van der Waals surface area contributed by atoms with Crippen LogP contribution in [0.2, 0.25) is 5.02 Å². The van der Waals surface area contributed by atoms with Crippen LogP contribution in [0.3, 0.4) is 0 Å². The van der Waals surface area contributed by atoms with Crippen LogP contribution in [0.5, 0.6) is 0 Å². The van der Waals surface area contributed by atoms with Gasteiger partial charge in [0.15, 0.2) is 5.78 Å². The molecule has 0 aliphatic rings. The number of carbonyl (C=O) groups excluding carboxylic acids is 1. The van der Waals surface area contributed by atoms with Gasteiger partial charge in [-0.2, -0.15) is 0 Å². The van der Waals surface area contributed by atoms with Crippen LogP contribution in [0.1, 0.15) is 37.0 Å². The van der Waals surface area contributed by atoms with Gasteiger partial charge in [0, 0.05) is 29.1 Å². The summed E-state index contributed by atoms with van der Waals surface area (Å²) < 4.78 is 0. The lowest BCUT2D eigenvalue weighted by molar-refractivity contribution is -0.139. The summed E-state index contributed by atoms with van der Waals surface area (Å²) in [6.45, 7) is 3.55. The fourth-order valence-corrected chi connectivity index (χ4v) is 2.64. The van der Waals surface area contributed by atoms with Crippen molar-refractivity contribution in [1.82, 2.24) is 4.98 Å². The standard InChI is InChI=1S/C15H16ClNO3/c1-15(2,7-13(19)20)6-12(18)9-8-17-11-5-3-4-10(16)14(9)11/h3-5,8,17H,6-7H2,1-2H3,(H,19,20). The molecule has 4 nitrogen and oxygen atoms in total.